The number of halogens is 3. The summed E-state index contributed by atoms with van der Waals surface area (Å²) in [5.74, 6) is -0.877. The van der Waals surface area contributed by atoms with Gasteiger partial charge in [0.15, 0.2) is 12.3 Å². The zero-order valence-corrected chi connectivity index (χ0v) is 17.3. The molecule has 4 rings (SSSR count). The van der Waals surface area contributed by atoms with Gasteiger partial charge in [-0.3, -0.25) is 9.48 Å². The van der Waals surface area contributed by atoms with Crippen molar-refractivity contribution in [3.8, 4) is 5.75 Å². The summed E-state index contributed by atoms with van der Waals surface area (Å²) in [4.78, 5) is 24.5. The predicted octanol–water partition coefficient (Wildman–Crippen LogP) is 3.61. The fourth-order valence-corrected chi connectivity index (χ4v) is 4.00. The van der Waals surface area contributed by atoms with Gasteiger partial charge in [-0.2, -0.15) is 18.3 Å². The number of aromatic nitrogens is 2. The number of carbonyl (C=O) groups is 2. The van der Waals surface area contributed by atoms with E-state index in [1.54, 1.807) is 18.2 Å². The SMILES string of the molecule is O=C1N[C@@H](CCc2cccc(OCC(F)(F)F)c2)Cc2nn(CCC3CC3)c(C(=O)O)c21. The van der Waals surface area contributed by atoms with E-state index in [1.807, 2.05) is 0 Å². The maximum Gasteiger partial charge on any atom is 0.422 e. The molecule has 0 bridgehead atoms. The molecule has 1 aliphatic heterocycles. The van der Waals surface area contributed by atoms with Crippen LogP contribution in [0.4, 0.5) is 13.2 Å². The van der Waals surface area contributed by atoms with E-state index >= 15 is 0 Å². The molecular formula is C22H24F3N3O4. The first-order valence-electron chi connectivity index (χ1n) is 10.6. The molecule has 1 saturated carbocycles. The number of carboxylic acids is 1. The van der Waals surface area contributed by atoms with Gasteiger partial charge in [-0.25, -0.2) is 4.79 Å². The van der Waals surface area contributed by atoms with Crippen molar-refractivity contribution in [1.29, 1.82) is 0 Å². The predicted molar refractivity (Wildman–Crippen MR) is 108 cm³/mol. The Balaban J connectivity index is 1.41. The van der Waals surface area contributed by atoms with Crippen molar-refractivity contribution < 1.29 is 32.6 Å². The van der Waals surface area contributed by atoms with E-state index in [0.29, 0.717) is 37.4 Å². The Bertz CT molecular complexity index is 1010. The van der Waals surface area contributed by atoms with Crippen LogP contribution < -0.4 is 10.1 Å². The van der Waals surface area contributed by atoms with Crippen molar-refractivity contribution >= 4 is 11.9 Å². The highest BCUT2D eigenvalue weighted by Gasteiger charge is 2.34. The number of ether oxygens (including phenoxy) is 1. The lowest BCUT2D eigenvalue weighted by Gasteiger charge is -2.23. The summed E-state index contributed by atoms with van der Waals surface area (Å²) in [5, 5.41) is 16.9. The van der Waals surface area contributed by atoms with Crippen LogP contribution >= 0.6 is 0 Å². The molecule has 10 heteroatoms. The van der Waals surface area contributed by atoms with Crippen molar-refractivity contribution in [2.24, 2.45) is 5.92 Å². The molecule has 0 unspecified atom stereocenters. The monoisotopic (exact) mass is 451 g/mol. The molecule has 7 nitrogen and oxygen atoms in total. The zero-order chi connectivity index (χ0) is 22.9. The number of amides is 1. The van der Waals surface area contributed by atoms with Gasteiger partial charge < -0.3 is 15.2 Å². The number of hydrogen-bond donors (Lipinski definition) is 2. The number of aromatic carboxylic acids is 1. The molecular weight excluding hydrogens is 427 g/mol. The lowest BCUT2D eigenvalue weighted by atomic mass is 9.95. The lowest BCUT2D eigenvalue weighted by Crippen LogP contribution is -2.42. The second-order valence-corrected chi connectivity index (χ2v) is 8.40. The quantitative estimate of drug-likeness (QED) is 0.608. The Morgan fingerprint density at radius 3 is 2.75 bits per heavy atom. The first kappa shape index (κ1) is 22.2. The van der Waals surface area contributed by atoms with E-state index in [9.17, 15) is 27.9 Å². The molecule has 1 amide bonds. The summed E-state index contributed by atoms with van der Waals surface area (Å²) in [6.45, 7) is -0.880. The second-order valence-electron chi connectivity index (χ2n) is 8.40. The van der Waals surface area contributed by atoms with E-state index in [1.165, 1.54) is 10.7 Å². The number of aryl methyl sites for hydroxylation is 2. The lowest BCUT2D eigenvalue weighted by molar-refractivity contribution is -0.153. The molecule has 1 aromatic heterocycles. The second kappa shape index (κ2) is 8.84. The third-order valence-electron chi connectivity index (χ3n) is 5.76. The first-order valence-corrected chi connectivity index (χ1v) is 10.6. The van der Waals surface area contributed by atoms with Gasteiger partial charge in [0.1, 0.15) is 5.75 Å². The number of carbonyl (C=O) groups excluding carboxylic acids is 1. The van der Waals surface area contributed by atoms with Crippen molar-refractivity contribution in [1.82, 2.24) is 15.1 Å². The van der Waals surface area contributed by atoms with Crippen LogP contribution in [0, 0.1) is 5.92 Å². The summed E-state index contributed by atoms with van der Waals surface area (Å²) in [6.07, 6.45) is 0.184. The number of alkyl halides is 3. The Morgan fingerprint density at radius 2 is 2.06 bits per heavy atom. The van der Waals surface area contributed by atoms with Crippen molar-refractivity contribution in [3.05, 3.63) is 46.8 Å². The molecule has 32 heavy (non-hydrogen) atoms. The smallest absolute Gasteiger partial charge is 0.422 e. The fourth-order valence-electron chi connectivity index (χ4n) is 4.00. The maximum atomic E-state index is 12.7. The fraction of sp³-hybridized carbons (Fsp3) is 0.500. The molecule has 2 N–H and O–H groups in total. The molecule has 2 aliphatic rings. The molecule has 0 radical (unpaired) electrons. The van der Waals surface area contributed by atoms with E-state index in [4.69, 9.17) is 4.74 Å². The largest absolute Gasteiger partial charge is 0.484 e. The van der Waals surface area contributed by atoms with Gasteiger partial charge in [-0.1, -0.05) is 25.0 Å². The van der Waals surface area contributed by atoms with Crippen LogP contribution in [0.5, 0.6) is 5.75 Å². The summed E-state index contributed by atoms with van der Waals surface area (Å²) in [6, 6.07) is 6.18. The summed E-state index contributed by atoms with van der Waals surface area (Å²) >= 11 is 0. The molecule has 1 fully saturated rings. The Kier molecular flexibility index (Phi) is 6.12. The number of nitrogens with zero attached hydrogens (tertiary/aromatic N) is 2. The third-order valence-corrected chi connectivity index (χ3v) is 5.76. The third kappa shape index (κ3) is 5.41. The first-order chi connectivity index (χ1) is 15.2. The number of hydrogen-bond acceptors (Lipinski definition) is 4. The normalized spacial score (nSPS) is 18.2. The van der Waals surface area contributed by atoms with Crippen LogP contribution in [-0.2, 0) is 19.4 Å². The number of fused-ring (bicyclic) bond motifs is 1. The summed E-state index contributed by atoms with van der Waals surface area (Å²) < 4.78 is 43.3. The highest BCUT2D eigenvalue weighted by atomic mass is 19.4. The van der Waals surface area contributed by atoms with Crippen molar-refractivity contribution in [3.63, 3.8) is 0 Å². The van der Waals surface area contributed by atoms with Gasteiger partial charge in [-0.15, -0.1) is 0 Å². The minimum atomic E-state index is -4.41. The average molecular weight is 451 g/mol. The average Bonchev–Trinajstić information content (AvgIpc) is 3.48. The molecule has 0 saturated heterocycles. The molecule has 0 spiro atoms. The minimum Gasteiger partial charge on any atom is -0.484 e. The molecule has 1 atom stereocenters. The maximum absolute atomic E-state index is 12.7. The highest BCUT2D eigenvalue weighted by molar-refractivity contribution is 6.05. The number of rotatable bonds is 9. The van der Waals surface area contributed by atoms with Gasteiger partial charge in [0.05, 0.1) is 11.3 Å². The van der Waals surface area contributed by atoms with Crippen LogP contribution in [0.2, 0.25) is 0 Å². The van der Waals surface area contributed by atoms with Crippen molar-refractivity contribution in [2.45, 2.75) is 57.3 Å². The van der Waals surface area contributed by atoms with Crippen LogP contribution in [0.1, 0.15) is 57.8 Å². The van der Waals surface area contributed by atoms with E-state index in [-0.39, 0.29) is 23.0 Å². The van der Waals surface area contributed by atoms with Crippen LogP contribution in [0.15, 0.2) is 24.3 Å². The molecule has 1 aliphatic carbocycles. The van der Waals surface area contributed by atoms with E-state index in [2.05, 4.69) is 10.4 Å². The van der Waals surface area contributed by atoms with Crippen molar-refractivity contribution in [2.75, 3.05) is 6.61 Å². The summed E-state index contributed by atoms with van der Waals surface area (Å²) in [7, 11) is 0. The summed E-state index contributed by atoms with van der Waals surface area (Å²) in [5.41, 5.74) is 1.33. The number of benzene rings is 1. The number of nitrogens with one attached hydrogen (secondary N) is 1. The number of carboxylic acid groups (broad SMARTS) is 1. The molecule has 2 heterocycles. The van der Waals surface area contributed by atoms with Crippen LogP contribution in [-0.4, -0.2) is 45.6 Å². The van der Waals surface area contributed by atoms with E-state index < -0.39 is 24.7 Å². The topological polar surface area (TPSA) is 93.5 Å². The van der Waals surface area contributed by atoms with Crippen LogP contribution in [0.3, 0.4) is 0 Å². The van der Waals surface area contributed by atoms with Gasteiger partial charge in [-0.05, 0) is 42.9 Å². The van der Waals surface area contributed by atoms with E-state index in [0.717, 1.165) is 24.8 Å². The molecule has 172 valence electrons. The van der Waals surface area contributed by atoms with Gasteiger partial charge in [0, 0.05) is 19.0 Å². The van der Waals surface area contributed by atoms with Crippen LogP contribution in [0.25, 0.3) is 0 Å². The standard InChI is InChI=1S/C22H24F3N3O4/c23-22(24,25)12-32-16-3-1-2-14(10-16)6-7-15-11-17-18(20(29)26-15)19(21(30)31)28(27-17)9-8-13-4-5-13/h1-3,10,13,15H,4-9,11-12H2,(H,26,29)(H,30,31)/t15-/m0/s1. The molecule has 2 aromatic rings. The zero-order valence-electron chi connectivity index (χ0n) is 17.3. The molecule has 1 aromatic carbocycles. The minimum absolute atomic E-state index is 0.0638. The van der Waals surface area contributed by atoms with Gasteiger partial charge in [0.25, 0.3) is 5.91 Å². The highest BCUT2D eigenvalue weighted by Crippen LogP contribution is 2.33. The van der Waals surface area contributed by atoms with Gasteiger partial charge >= 0.3 is 12.1 Å². The Labute approximate surface area is 182 Å². The Morgan fingerprint density at radius 1 is 1.28 bits per heavy atom. The van der Waals surface area contributed by atoms with Gasteiger partial charge in [0.2, 0.25) is 0 Å². The Hall–Kier alpha value is -3.04.